The second-order valence-corrected chi connectivity index (χ2v) is 9.04. The molecule has 0 saturated carbocycles. The summed E-state index contributed by atoms with van der Waals surface area (Å²) in [5.41, 5.74) is 0.305. The maximum Gasteiger partial charge on any atom is 0.253 e. The molecule has 1 aromatic heterocycles. The van der Waals surface area contributed by atoms with Crippen molar-refractivity contribution in [2.24, 2.45) is 0 Å². The maximum atomic E-state index is 12.7. The zero-order chi connectivity index (χ0) is 19.5. The van der Waals surface area contributed by atoms with Gasteiger partial charge in [-0.2, -0.15) is 0 Å². The number of rotatable bonds is 5. The van der Waals surface area contributed by atoms with Crippen molar-refractivity contribution in [2.75, 3.05) is 7.05 Å². The normalized spacial score (nSPS) is 12.0. The Balaban J connectivity index is 2.29. The Labute approximate surface area is 159 Å². The summed E-state index contributed by atoms with van der Waals surface area (Å²) in [6, 6.07) is 9.68. The first-order valence-corrected chi connectivity index (χ1v) is 9.84. The summed E-state index contributed by atoms with van der Waals surface area (Å²) in [5, 5.41) is 0.0608. The Morgan fingerprint density at radius 2 is 1.92 bits per heavy atom. The highest BCUT2D eigenvalue weighted by Crippen LogP contribution is 2.24. The zero-order valence-corrected chi connectivity index (χ0v) is 16.7. The van der Waals surface area contributed by atoms with E-state index in [0.717, 1.165) is 5.69 Å². The summed E-state index contributed by atoms with van der Waals surface area (Å²) in [5.74, 6) is -0.320. The van der Waals surface area contributed by atoms with E-state index < -0.39 is 15.6 Å². The SMILES string of the molecule is CN(Cc1ccccn1)C(=O)c1ccc(Cl)c(S(=O)(=O)NC(C)(C)C)c1. The smallest absolute Gasteiger partial charge is 0.253 e. The molecule has 2 rings (SSSR count). The molecule has 140 valence electrons. The van der Waals surface area contributed by atoms with Gasteiger partial charge in [-0.1, -0.05) is 17.7 Å². The van der Waals surface area contributed by atoms with Crippen LogP contribution in [-0.2, 0) is 16.6 Å². The van der Waals surface area contributed by atoms with E-state index in [1.54, 1.807) is 40.1 Å². The van der Waals surface area contributed by atoms with Gasteiger partial charge in [0.15, 0.2) is 0 Å². The molecule has 2 aromatic rings. The van der Waals surface area contributed by atoms with Gasteiger partial charge in [0.05, 0.1) is 17.3 Å². The van der Waals surface area contributed by atoms with Crippen molar-refractivity contribution >= 4 is 27.5 Å². The molecule has 0 aliphatic heterocycles. The van der Waals surface area contributed by atoms with Crippen molar-refractivity contribution < 1.29 is 13.2 Å². The molecule has 0 spiro atoms. The molecule has 0 fully saturated rings. The minimum Gasteiger partial charge on any atom is -0.336 e. The molecule has 0 bridgehead atoms. The zero-order valence-electron chi connectivity index (χ0n) is 15.2. The van der Waals surface area contributed by atoms with Crippen molar-refractivity contribution in [2.45, 2.75) is 37.8 Å². The van der Waals surface area contributed by atoms with Gasteiger partial charge < -0.3 is 4.90 Å². The first-order valence-electron chi connectivity index (χ1n) is 7.98. The number of carbonyl (C=O) groups is 1. The van der Waals surface area contributed by atoms with Gasteiger partial charge >= 0.3 is 0 Å². The summed E-state index contributed by atoms with van der Waals surface area (Å²) in [6.45, 7) is 5.50. The number of pyridine rings is 1. The van der Waals surface area contributed by atoms with Gasteiger partial charge in [0.25, 0.3) is 5.91 Å². The molecule has 1 amide bonds. The number of nitrogens with one attached hydrogen (secondary N) is 1. The van der Waals surface area contributed by atoms with E-state index in [1.807, 2.05) is 12.1 Å². The maximum absolute atomic E-state index is 12.7. The van der Waals surface area contributed by atoms with Crippen LogP contribution in [0, 0.1) is 0 Å². The van der Waals surface area contributed by atoms with Crippen LogP contribution in [0.1, 0.15) is 36.8 Å². The van der Waals surface area contributed by atoms with Gasteiger partial charge in [0.1, 0.15) is 4.90 Å². The number of aromatic nitrogens is 1. The van der Waals surface area contributed by atoms with Gasteiger partial charge in [0, 0.05) is 24.3 Å². The largest absolute Gasteiger partial charge is 0.336 e. The third-order valence-electron chi connectivity index (χ3n) is 3.38. The summed E-state index contributed by atoms with van der Waals surface area (Å²) in [7, 11) is -2.22. The number of sulfonamides is 1. The van der Waals surface area contributed by atoms with E-state index in [4.69, 9.17) is 11.6 Å². The van der Waals surface area contributed by atoms with Crippen molar-refractivity contribution in [1.29, 1.82) is 0 Å². The van der Waals surface area contributed by atoms with E-state index in [0.29, 0.717) is 6.54 Å². The average molecular weight is 396 g/mol. The second-order valence-electron chi connectivity index (χ2n) is 6.98. The molecule has 1 N–H and O–H groups in total. The third kappa shape index (κ3) is 5.27. The predicted molar refractivity (Wildman–Crippen MR) is 102 cm³/mol. The van der Waals surface area contributed by atoms with Crippen molar-refractivity contribution in [3.8, 4) is 0 Å². The van der Waals surface area contributed by atoms with Crippen LogP contribution in [-0.4, -0.2) is 36.8 Å². The summed E-state index contributed by atoms with van der Waals surface area (Å²) in [4.78, 5) is 18.2. The number of amides is 1. The van der Waals surface area contributed by atoms with Crippen molar-refractivity contribution in [1.82, 2.24) is 14.6 Å². The van der Waals surface area contributed by atoms with E-state index in [9.17, 15) is 13.2 Å². The van der Waals surface area contributed by atoms with Crippen LogP contribution in [0.25, 0.3) is 0 Å². The highest BCUT2D eigenvalue weighted by molar-refractivity contribution is 7.89. The van der Waals surface area contributed by atoms with Crippen molar-refractivity contribution in [3.05, 3.63) is 58.9 Å². The Bertz CT molecular complexity index is 894. The Morgan fingerprint density at radius 1 is 1.23 bits per heavy atom. The summed E-state index contributed by atoms with van der Waals surface area (Å²) in [6.07, 6.45) is 1.65. The van der Waals surface area contributed by atoms with Crippen LogP contribution in [0.3, 0.4) is 0 Å². The third-order valence-corrected chi connectivity index (χ3v) is 5.62. The summed E-state index contributed by atoms with van der Waals surface area (Å²) >= 11 is 6.07. The van der Waals surface area contributed by atoms with Gasteiger partial charge in [0.2, 0.25) is 10.0 Å². The fourth-order valence-electron chi connectivity index (χ4n) is 2.33. The lowest BCUT2D eigenvalue weighted by atomic mass is 10.1. The molecule has 0 unspecified atom stereocenters. The molecular weight excluding hydrogens is 374 g/mol. The van der Waals surface area contributed by atoms with Crippen LogP contribution in [0.2, 0.25) is 5.02 Å². The molecule has 26 heavy (non-hydrogen) atoms. The molecule has 0 aliphatic carbocycles. The van der Waals surface area contributed by atoms with Gasteiger partial charge in [-0.3, -0.25) is 9.78 Å². The fourth-order valence-corrected chi connectivity index (χ4v) is 4.27. The van der Waals surface area contributed by atoms with E-state index in [-0.39, 0.29) is 21.4 Å². The molecule has 1 aromatic carbocycles. The highest BCUT2D eigenvalue weighted by Gasteiger charge is 2.26. The number of halogens is 1. The molecule has 0 saturated heterocycles. The lowest BCUT2D eigenvalue weighted by molar-refractivity contribution is 0.0783. The number of hydrogen-bond acceptors (Lipinski definition) is 4. The lowest BCUT2D eigenvalue weighted by Gasteiger charge is -2.21. The van der Waals surface area contributed by atoms with E-state index in [2.05, 4.69) is 9.71 Å². The Kier molecular flexibility index (Phi) is 6.05. The van der Waals surface area contributed by atoms with Crippen LogP contribution in [0.4, 0.5) is 0 Å². The highest BCUT2D eigenvalue weighted by atomic mass is 35.5. The van der Waals surface area contributed by atoms with Crippen molar-refractivity contribution in [3.63, 3.8) is 0 Å². The number of nitrogens with zero attached hydrogens (tertiary/aromatic N) is 2. The van der Waals surface area contributed by atoms with Crippen LogP contribution in [0.5, 0.6) is 0 Å². The standard InChI is InChI=1S/C18H22ClN3O3S/c1-18(2,3)21-26(24,25)16-11-13(8-9-15(16)19)17(23)22(4)12-14-7-5-6-10-20-14/h5-11,21H,12H2,1-4H3. The lowest BCUT2D eigenvalue weighted by Crippen LogP contribution is -2.40. The van der Waals surface area contributed by atoms with Gasteiger partial charge in [-0.25, -0.2) is 13.1 Å². The van der Waals surface area contributed by atoms with E-state index in [1.165, 1.54) is 23.1 Å². The molecule has 0 atom stereocenters. The first kappa shape index (κ1) is 20.4. The number of carbonyl (C=O) groups excluding carboxylic acids is 1. The number of hydrogen-bond donors (Lipinski definition) is 1. The van der Waals surface area contributed by atoms with Crippen LogP contribution >= 0.6 is 11.6 Å². The quantitative estimate of drug-likeness (QED) is 0.843. The molecule has 8 heteroatoms. The number of benzene rings is 1. The van der Waals surface area contributed by atoms with Gasteiger partial charge in [-0.05, 0) is 51.1 Å². The fraction of sp³-hybridized carbons (Fsp3) is 0.333. The summed E-state index contributed by atoms with van der Waals surface area (Å²) < 4.78 is 27.7. The Morgan fingerprint density at radius 3 is 2.50 bits per heavy atom. The minimum absolute atomic E-state index is 0.0608. The first-order chi connectivity index (χ1) is 12.0. The Hall–Kier alpha value is -1.96. The molecule has 1 heterocycles. The van der Waals surface area contributed by atoms with E-state index >= 15 is 0 Å². The molecular formula is C18H22ClN3O3S. The topological polar surface area (TPSA) is 79.4 Å². The molecule has 0 aliphatic rings. The predicted octanol–water partition coefficient (Wildman–Crippen LogP) is 3.08. The molecule has 0 radical (unpaired) electrons. The van der Waals surface area contributed by atoms with Crippen LogP contribution < -0.4 is 4.72 Å². The molecule has 6 nitrogen and oxygen atoms in total. The monoisotopic (exact) mass is 395 g/mol. The second kappa shape index (κ2) is 7.73. The average Bonchev–Trinajstić information content (AvgIpc) is 2.53. The minimum atomic E-state index is -3.85. The van der Waals surface area contributed by atoms with Gasteiger partial charge in [-0.15, -0.1) is 0 Å². The van der Waals surface area contributed by atoms with Crippen LogP contribution in [0.15, 0.2) is 47.5 Å².